The van der Waals surface area contributed by atoms with Gasteiger partial charge in [0.15, 0.2) is 0 Å². The quantitative estimate of drug-likeness (QED) is 0.304. The summed E-state index contributed by atoms with van der Waals surface area (Å²) in [5.41, 5.74) is 4.95. The number of carbonyl (C=O) groups is 3. The van der Waals surface area contributed by atoms with E-state index in [9.17, 15) is 37.7 Å². The molecule has 0 aliphatic heterocycles. The van der Waals surface area contributed by atoms with E-state index in [2.05, 4.69) is 5.32 Å². The van der Waals surface area contributed by atoms with Crippen LogP contribution in [0.4, 0.5) is 18.9 Å². The zero-order valence-electron chi connectivity index (χ0n) is 18.0. The molecule has 0 heterocycles. The minimum absolute atomic E-state index is 0.0628. The molecule has 12 heteroatoms. The van der Waals surface area contributed by atoms with E-state index in [0.29, 0.717) is 5.56 Å². The average Bonchev–Trinajstić information content (AvgIpc) is 2.76. The van der Waals surface area contributed by atoms with Crippen molar-refractivity contribution in [3.05, 3.63) is 75.3 Å². The van der Waals surface area contributed by atoms with Crippen molar-refractivity contribution in [2.24, 2.45) is 5.73 Å². The minimum Gasteiger partial charge on any atom is -0.466 e. The Morgan fingerprint density at radius 3 is 2.15 bits per heavy atom. The number of benzene rings is 2. The number of alkyl halides is 3. The van der Waals surface area contributed by atoms with Crippen LogP contribution >= 0.6 is 0 Å². The van der Waals surface area contributed by atoms with Crippen molar-refractivity contribution in [3.8, 4) is 0 Å². The highest BCUT2D eigenvalue weighted by molar-refractivity contribution is 5.89. The summed E-state index contributed by atoms with van der Waals surface area (Å²) in [6.07, 6.45) is -5.24. The predicted molar refractivity (Wildman–Crippen MR) is 113 cm³/mol. The van der Waals surface area contributed by atoms with Crippen LogP contribution in [-0.4, -0.2) is 35.4 Å². The number of nitrogens with one attached hydrogen (secondary N) is 1. The maximum absolute atomic E-state index is 12.7. The van der Waals surface area contributed by atoms with E-state index in [1.54, 1.807) is 6.92 Å². The summed E-state index contributed by atoms with van der Waals surface area (Å²) in [6.45, 7) is 1.64. The van der Waals surface area contributed by atoms with Crippen LogP contribution in [0.2, 0.25) is 0 Å². The fourth-order valence-corrected chi connectivity index (χ4v) is 3.26. The van der Waals surface area contributed by atoms with Gasteiger partial charge in [-0.3, -0.25) is 24.5 Å². The molecule has 3 N–H and O–H groups in total. The highest BCUT2D eigenvalue weighted by Gasteiger charge is 2.33. The van der Waals surface area contributed by atoms with Gasteiger partial charge in [0.1, 0.15) is 6.04 Å². The first-order valence-electron chi connectivity index (χ1n) is 10.1. The third-order valence-corrected chi connectivity index (χ3v) is 4.90. The van der Waals surface area contributed by atoms with Gasteiger partial charge >= 0.3 is 12.1 Å². The van der Waals surface area contributed by atoms with Crippen LogP contribution in [0.5, 0.6) is 0 Å². The van der Waals surface area contributed by atoms with E-state index in [0.717, 1.165) is 24.3 Å². The van der Waals surface area contributed by atoms with Crippen molar-refractivity contribution in [2.45, 2.75) is 37.9 Å². The summed E-state index contributed by atoms with van der Waals surface area (Å²) in [4.78, 5) is 47.2. The van der Waals surface area contributed by atoms with Crippen molar-refractivity contribution in [3.63, 3.8) is 0 Å². The Hall–Kier alpha value is -3.96. The molecule has 0 aliphatic carbocycles. The van der Waals surface area contributed by atoms with Crippen LogP contribution in [0.15, 0.2) is 48.5 Å². The molecule has 0 bridgehead atoms. The first-order chi connectivity index (χ1) is 15.9. The van der Waals surface area contributed by atoms with E-state index in [-0.39, 0.29) is 30.7 Å². The maximum Gasteiger partial charge on any atom is 0.416 e. The smallest absolute Gasteiger partial charge is 0.416 e. The number of primary amides is 1. The zero-order chi connectivity index (χ0) is 25.5. The van der Waals surface area contributed by atoms with Crippen molar-refractivity contribution in [2.75, 3.05) is 6.61 Å². The Balaban J connectivity index is 2.26. The van der Waals surface area contributed by atoms with Gasteiger partial charge in [0, 0.05) is 18.1 Å². The van der Waals surface area contributed by atoms with Gasteiger partial charge < -0.3 is 15.8 Å². The summed E-state index contributed by atoms with van der Waals surface area (Å²) in [5, 5.41) is 13.3. The first-order valence-corrected chi connectivity index (χ1v) is 10.1. The second-order valence-corrected chi connectivity index (χ2v) is 7.28. The molecule has 0 aromatic heterocycles. The van der Waals surface area contributed by atoms with Crippen LogP contribution < -0.4 is 11.1 Å². The molecule has 182 valence electrons. The third kappa shape index (κ3) is 7.29. The Morgan fingerprint density at radius 1 is 1.09 bits per heavy atom. The molecule has 9 nitrogen and oxygen atoms in total. The maximum atomic E-state index is 12.7. The van der Waals surface area contributed by atoms with Crippen LogP contribution in [0.3, 0.4) is 0 Å². The molecular weight excluding hydrogens is 459 g/mol. The molecule has 0 saturated heterocycles. The molecule has 2 amide bonds. The predicted octanol–water partition coefficient (Wildman–Crippen LogP) is 2.86. The van der Waals surface area contributed by atoms with Gasteiger partial charge in [-0.05, 0) is 30.2 Å². The molecule has 34 heavy (non-hydrogen) atoms. The van der Waals surface area contributed by atoms with E-state index in [1.165, 1.54) is 24.3 Å². The van der Waals surface area contributed by atoms with Crippen LogP contribution in [0.1, 0.15) is 36.0 Å². The highest BCUT2D eigenvalue weighted by Crippen LogP contribution is 2.29. The number of hydrogen-bond acceptors (Lipinski definition) is 6. The monoisotopic (exact) mass is 481 g/mol. The SMILES string of the molecule is CCOC(=O)C[C@@H](c1ccc([N+](=O)[O-])cc1)[C@@H](NC(=O)Cc1ccc(C(F)(F)F)cc1)C(N)=O. The van der Waals surface area contributed by atoms with Gasteiger partial charge in [-0.1, -0.05) is 24.3 Å². The highest BCUT2D eigenvalue weighted by atomic mass is 19.4. The van der Waals surface area contributed by atoms with Gasteiger partial charge in [-0.15, -0.1) is 0 Å². The second kappa shape index (κ2) is 11.3. The molecule has 2 rings (SSSR count). The number of non-ortho nitro benzene ring substituents is 1. The molecule has 2 aromatic rings. The summed E-state index contributed by atoms with van der Waals surface area (Å²) >= 11 is 0. The number of hydrogen-bond donors (Lipinski definition) is 2. The van der Waals surface area contributed by atoms with Crippen LogP contribution in [-0.2, 0) is 31.7 Å². The number of amides is 2. The van der Waals surface area contributed by atoms with Crippen molar-refractivity contribution in [1.29, 1.82) is 0 Å². The number of esters is 1. The lowest BCUT2D eigenvalue weighted by Crippen LogP contribution is -2.49. The molecule has 0 saturated carbocycles. The molecule has 0 unspecified atom stereocenters. The van der Waals surface area contributed by atoms with Gasteiger partial charge in [0.2, 0.25) is 11.8 Å². The number of nitrogens with two attached hydrogens (primary N) is 1. The minimum atomic E-state index is -4.52. The Kier molecular flexibility index (Phi) is 8.70. The summed E-state index contributed by atoms with van der Waals surface area (Å²) in [7, 11) is 0. The lowest BCUT2D eigenvalue weighted by molar-refractivity contribution is -0.384. The Bertz CT molecular complexity index is 1040. The number of nitro groups is 1. The van der Waals surface area contributed by atoms with Crippen LogP contribution in [0.25, 0.3) is 0 Å². The van der Waals surface area contributed by atoms with E-state index < -0.39 is 46.4 Å². The van der Waals surface area contributed by atoms with Crippen LogP contribution in [0, 0.1) is 10.1 Å². The number of nitrogens with zero attached hydrogens (tertiary/aromatic N) is 1. The fourth-order valence-electron chi connectivity index (χ4n) is 3.26. The lowest BCUT2D eigenvalue weighted by atomic mass is 9.87. The molecule has 0 fully saturated rings. The Morgan fingerprint density at radius 2 is 1.68 bits per heavy atom. The number of halogens is 3. The molecule has 0 radical (unpaired) electrons. The summed E-state index contributed by atoms with van der Waals surface area (Å²) in [5.74, 6) is -3.39. The lowest BCUT2D eigenvalue weighted by Gasteiger charge is -2.25. The molecule has 0 spiro atoms. The van der Waals surface area contributed by atoms with Gasteiger partial charge in [0.05, 0.1) is 29.9 Å². The van der Waals surface area contributed by atoms with E-state index in [1.807, 2.05) is 0 Å². The van der Waals surface area contributed by atoms with E-state index in [4.69, 9.17) is 10.5 Å². The van der Waals surface area contributed by atoms with Crippen molar-refractivity contribution >= 4 is 23.5 Å². The number of nitro benzene ring substituents is 1. The Labute approximate surface area is 192 Å². The van der Waals surface area contributed by atoms with Crippen molar-refractivity contribution in [1.82, 2.24) is 5.32 Å². The molecule has 0 aliphatic rings. The zero-order valence-corrected chi connectivity index (χ0v) is 18.0. The molecule has 2 atom stereocenters. The number of carbonyl (C=O) groups excluding carboxylic acids is 3. The summed E-state index contributed by atoms with van der Waals surface area (Å²) < 4.78 is 43.1. The average molecular weight is 481 g/mol. The van der Waals surface area contributed by atoms with Gasteiger partial charge in [-0.2, -0.15) is 13.2 Å². The largest absolute Gasteiger partial charge is 0.466 e. The summed E-state index contributed by atoms with van der Waals surface area (Å²) in [6, 6.07) is 7.55. The first kappa shape index (κ1) is 26.3. The number of ether oxygens (including phenoxy) is 1. The third-order valence-electron chi connectivity index (χ3n) is 4.90. The second-order valence-electron chi connectivity index (χ2n) is 7.28. The van der Waals surface area contributed by atoms with Gasteiger partial charge in [-0.25, -0.2) is 0 Å². The number of rotatable bonds is 10. The standard InChI is InChI=1S/C22H22F3N3O6/c1-2-34-19(30)12-17(14-5-9-16(10-6-14)28(32)33)20(21(26)31)27-18(29)11-13-3-7-15(8-4-13)22(23,24)25/h3-10,17,20H,2,11-12H2,1H3,(H2,26,31)(H,27,29)/t17-,20+/m0/s1. The normalized spacial score (nSPS) is 12.9. The fraction of sp³-hybridized carbons (Fsp3) is 0.318. The topological polar surface area (TPSA) is 142 Å². The van der Waals surface area contributed by atoms with Crippen molar-refractivity contribution < 1.29 is 37.2 Å². The molecule has 2 aromatic carbocycles. The van der Waals surface area contributed by atoms with Gasteiger partial charge in [0.25, 0.3) is 5.69 Å². The van der Waals surface area contributed by atoms with E-state index >= 15 is 0 Å². The molecular formula is C22H22F3N3O6.